The summed E-state index contributed by atoms with van der Waals surface area (Å²) in [5.74, 6) is 7.58. The van der Waals surface area contributed by atoms with E-state index in [-0.39, 0.29) is 0 Å². The van der Waals surface area contributed by atoms with Crippen LogP contribution in [0.4, 0.5) is 0 Å². The summed E-state index contributed by atoms with van der Waals surface area (Å²) in [6.45, 7) is 0. The van der Waals surface area contributed by atoms with Gasteiger partial charge >= 0.3 is 0 Å². The number of aromatic nitrogens is 3. The van der Waals surface area contributed by atoms with Gasteiger partial charge in [0, 0.05) is 16.3 Å². The summed E-state index contributed by atoms with van der Waals surface area (Å²) < 4.78 is 1.52. The Hall–Kier alpha value is -1.63. The third-order valence-corrected chi connectivity index (χ3v) is 5.37. The molecule has 0 spiro atoms. The molecule has 0 aliphatic carbocycles. The van der Waals surface area contributed by atoms with Crippen LogP contribution in [0.1, 0.15) is 5.56 Å². The van der Waals surface area contributed by atoms with E-state index in [9.17, 15) is 0 Å². The van der Waals surface area contributed by atoms with Gasteiger partial charge in [-0.2, -0.15) is 0 Å². The van der Waals surface area contributed by atoms with Crippen molar-refractivity contribution < 1.29 is 0 Å². The fourth-order valence-corrected chi connectivity index (χ4v) is 3.95. The van der Waals surface area contributed by atoms with Crippen LogP contribution in [-0.2, 0) is 5.75 Å². The molecule has 112 valence electrons. The number of halogens is 1. The Morgan fingerprint density at radius 3 is 2.45 bits per heavy atom. The Labute approximate surface area is 141 Å². The van der Waals surface area contributed by atoms with Gasteiger partial charge in [-0.15, -0.1) is 10.2 Å². The molecule has 0 saturated carbocycles. The van der Waals surface area contributed by atoms with Gasteiger partial charge in [-0.05, 0) is 28.5 Å². The van der Waals surface area contributed by atoms with Gasteiger partial charge in [0.05, 0.1) is 0 Å². The van der Waals surface area contributed by atoms with E-state index < -0.39 is 0 Å². The summed E-state index contributed by atoms with van der Waals surface area (Å²) in [6.07, 6.45) is 0. The summed E-state index contributed by atoms with van der Waals surface area (Å²) in [5, 5.41) is 9.73. The van der Waals surface area contributed by atoms with Crippen molar-refractivity contribution in [2.24, 2.45) is 0 Å². The Balaban J connectivity index is 1.64. The molecule has 0 fully saturated rings. The van der Waals surface area contributed by atoms with Crippen molar-refractivity contribution in [3.63, 3.8) is 0 Å². The van der Waals surface area contributed by atoms with Crippen molar-refractivity contribution in [3.8, 4) is 11.4 Å². The third-order valence-electron chi connectivity index (χ3n) is 2.97. The van der Waals surface area contributed by atoms with Crippen molar-refractivity contribution in [1.29, 1.82) is 0 Å². The molecule has 2 aromatic carbocycles. The molecule has 0 bridgehead atoms. The molecule has 7 heteroatoms. The second-order valence-corrected chi connectivity index (χ2v) is 7.21. The summed E-state index contributed by atoms with van der Waals surface area (Å²) in [5.41, 5.74) is 2.15. The highest BCUT2D eigenvalue weighted by Crippen LogP contribution is 2.33. The van der Waals surface area contributed by atoms with Crippen molar-refractivity contribution in [2.75, 3.05) is 5.84 Å². The van der Waals surface area contributed by atoms with Crippen LogP contribution in [0.25, 0.3) is 11.4 Å². The van der Waals surface area contributed by atoms with E-state index in [1.165, 1.54) is 21.0 Å². The van der Waals surface area contributed by atoms with Gasteiger partial charge in [-0.1, -0.05) is 64.9 Å². The molecule has 0 aliphatic heterocycles. The molecular formula is C15H13ClN4S2. The predicted octanol–water partition coefficient (Wildman–Crippen LogP) is 4.25. The maximum atomic E-state index is 6.07. The van der Waals surface area contributed by atoms with Crippen LogP contribution in [0.3, 0.4) is 0 Å². The fraction of sp³-hybridized carbons (Fsp3) is 0.0667. The molecule has 0 unspecified atom stereocenters. The van der Waals surface area contributed by atoms with Gasteiger partial charge in [0.2, 0.25) is 5.16 Å². The van der Waals surface area contributed by atoms with Gasteiger partial charge in [-0.25, -0.2) is 4.68 Å². The molecule has 2 N–H and O–H groups in total. The van der Waals surface area contributed by atoms with E-state index in [2.05, 4.69) is 10.2 Å². The zero-order valence-corrected chi connectivity index (χ0v) is 13.9. The lowest BCUT2D eigenvalue weighted by Crippen LogP contribution is -2.11. The Morgan fingerprint density at radius 1 is 1.00 bits per heavy atom. The lowest BCUT2D eigenvalue weighted by molar-refractivity contribution is 0.854. The monoisotopic (exact) mass is 348 g/mol. The Kier molecular flexibility index (Phi) is 4.92. The molecule has 0 aliphatic rings. The summed E-state index contributed by atoms with van der Waals surface area (Å²) in [7, 11) is 3.17. The first-order valence-corrected chi connectivity index (χ1v) is 9.23. The van der Waals surface area contributed by atoms with E-state index in [0.29, 0.717) is 11.0 Å². The van der Waals surface area contributed by atoms with E-state index in [0.717, 1.165) is 16.3 Å². The first-order chi connectivity index (χ1) is 10.7. The van der Waals surface area contributed by atoms with Gasteiger partial charge in [0.1, 0.15) is 0 Å². The average Bonchev–Trinajstić information content (AvgIpc) is 2.91. The van der Waals surface area contributed by atoms with Gasteiger partial charge in [0.25, 0.3) is 0 Å². The van der Waals surface area contributed by atoms with E-state index in [1.54, 1.807) is 10.8 Å². The normalized spacial score (nSPS) is 10.8. The van der Waals surface area contributed by atoms with Gasteiger partial charge in [0.15, 0.2) is 5.82 Å². The smallest absolute Gasteiger partial charge is 0.220 e. The number of hydrogen-bond donors (Lipinski definition) is 1. The highest BCUT2D eigenvalue weighted by molar-refractivity contribution is 8.76. The topological polar surface area (TPSA) is 56.7 Å². The molecule has 4 nitrogen and oxygen atoms in total. The Bertz CT molecular complexity index is 744. The first-order valence-electron chi connectivity index (χ1n) is 6.54. The maximum absolute atomic E-state index is 6.07. The standard InChI is InChI=1S/C15H13ClN4S2/c16-13-8-6-11(7-9-13)10-21-22-15-19-18-14(20(15)17)12-4-2-1-3-5-12/h1-9H,10,17H2. The number of nitrogens with zero attached hydrogens (tertiary/aromatic N) is 3. The number of nitrogen functional groups attached to an aromatic ring is 1. The summed E-state index contributed by atoms with van der Waals surface area (Å²) in [6, 6.07) is 17.6. The highest BCUT2D eigenvalue weighted by Gasteiger charge is 2.12. The quantitative estimate of drug-likeness (QED) is 0.551. The van der Waals surface area contributed by atoms with Crippen molar-refractivity contribution in [1.82, 2.24) is 14.9 Å². The lowest BCUT2D eigenvalue weighted by atomic mass is 10.2. The molecule has 0 radical (unpaired) electrons. The second kappa shape index (κ2) is 7.09. The van der Waals surface area contributed by atoms with Crippen LogP contribution in [0.15, 0.2) is 59.8 Å². The minimum absolute atomic E-state index is 0.662. The molecule has 3 rings (SSSR count). The van der Waals surface area contributed by atoms with Gasteiger partial charge < -0.3 is 5.84 Å². The third kappa shape index (κ3) is 3.58. The summed E-state index contributed by atoms with van der Waals surface area (Å²) in [4.78, 5) is 0. The maximum Gasteiger partial charge on any atom is 0.220 e. The SMILES string of the molecule is Nn1c(SSCc2ccc(Cl)cc2)nnc1-c1ccccc1. The molecule has 22 heavy (non-hydrogen) atoms. The van der Waals surface area contributed by atoms with Crippen molar-refractivity contribution >= 4 is 33.2 Å². The molecule has 0 amide bonds. The molecule has 0 atom stereocenters. The first kappa shape index (κ1) is 15.3. The van der Waals surface area contributed by atoms with E-state index >= 15 is 0 Å². The van der Waals surface area contributed by atoms with Crippen molar-refractivity contribution in [2.45, 2.75) is 10.9 Å². The molecule has 0 saturated heterocycles. The molecule has 3 aromatic rings. The largest absolute Gasteiger partial charge is 0.335 e. The zero-order chi connectivity index (χ0) is 15.4. The number of nitrogens with two attached hydrogens (primary N) is 1. The number of hydrogen-bond acceptors (Lipinski definition) is 5. The summed E-state index contributed by atoms with van der Waals surface area (Å²) >= 11 is 5.87. The zero-order valence-electron chi connectivity index (χ0n) is 11.5. The number of rotatable bonds is 5. The molecule has 1 heterocycles. The van der Waals surface area contributed by atoms with Gasteiger partial charge in [-0.3, -0.25) is 0 Å². The lowest BCUT2D eigenvalue weighted by Gasteiger charge is -2.03. The molecule has 1 aromatic heterocycles. The van der Waals surface area contributed by atoms with E-state index in [1.807, 2.05) is 54.6 Å². The minimum atomic E-state index is 0.662. The Morgan fingerprint density at radius 2 is 1.73 bits per heavy atom. The average molecular weight is 349 g/mol. The van der Waals surface area contributed by atoms with Crippen LogP contribution in [0.5, 0.6) is 0 Å². The van der Waals surface area contributed by atoms with Crippen LogP contribution < -0.4 is 5.84 Å². The van der Waals surface area contributed by atoms with Crippen LogP contribution in [-0.4, -0.2) is 14.9 Å². The second-order valence-electron chi connectivity index (χ2n) is 4.51. The van der Waals surface area contributed by atoms with Crippen molar-refractivity contribution in [3.05, 3.63) is 65.2 Å². The molecular weight excluding hydrogens is 336 g/mol. The van der Waals surface area contributed by atoms with Crippen LogP contribution in [0, 0.1) is 0 Å². The van der Waals surface area contributed by atoms with Crippen LogP contribution in [0.2, 0.25) is 5.02 Å². The predicted molar refractivity (Wildman–Crippen MR) is 94.2 cm³/mol. The van der Waals surface area contributed by atoms with Crippen LogP contribution >= 0.6 is 33.2 Å². The fourth-order valence-electron chi connectivity index (χ4n) is 1.85. The van der Waals surface area contributed by atoms with E-state index in [4.69, 9.17) is 17.4 Å². The highest BCUT2D eigenvalue weighted by atomic mass is 35.5. The minimum Gasteiger partial charge on any atom is -0.335 e. The number of benzene rings is 2.